The lowest BCUT2D eigenvalue weighted by atomic mass is 10.1. The van der Waals surface area contributed by atoms with Gasteiger partial charge in [0.1, 0.15) is 17.7 Å². The van der Waals surface area contributed by atoms with Gasteiger partial charge < -0.3 is 14.1 Å². The zero-order valence-electron chi connectivity index (χ0n) is 15.6. The quantitative estimate of drug-likeness (QED) is 0.573. The van der Waals surface area contributed by atoms with Crippen molar-refractivity contribution < 1.29 is 9.57 Å². The van der Waals surface area contributed by atoms with Crippen molar-refractivity contribution in [3.05, 3.63) is 48.6 Å². The Morgan fingerprint density at radius 2 is 2.18 bits per heavy atom. The molecule has 0 atom stereocenters. The van der Waals surface area contributed by atoms with Crippen molar-refractivity contribution in [3.8, 4) is 17.0 Å². The van der Waals surface area contributed by atoms with Crippen LogP contribution in [0.1, 0.15) is 5.82 Å². The first kappa shape index (κ1) is 16.5. The van der Waals surface area contributed by atoms with Crippen molar-refractivity contribution in [2.24, 2.45) is 0 Å². The molecule has 1 aliphatic heterocycles. The summed E-state index contributed by atoms with van der Waals surface area (Å²) in [5, 5.41) is 6.00. The normalized spacial score (nSPS) is 14.0. The van der Waals surface area contributed by atoms with Crippen LogP contribution < -0.4 is 10.3 Å². The highest BCUT2D eigenvalue weighted by Gasteiger charge is 2.18. The number of imidazole rings is 1. The van der Waals surface area contributed by atoms with E-state index in [1.165, 1.54) is 6.33 Å². The Bertz CT molecular complexity index is 1230. The summed E-state index contributed by atoms with van der Waals surface area (Å²) in [4.78, 5) is 18.8. The van der Waals surface area contributed by atoms with E-state index in [2.05, 4.69) is 36.3 Å². The molecule has 0 bridgehead atoms. The molecule has 0 fully saturated rings. The van der Waals surface area contributed by atoms with E-state index in [0.29, 0.717) is 18.1 Å². The molecule has 0 amide bonds. The second kappa shape index (κ2) is 6.20. The molecule has 10 nitrogen and oxygen atoms in total. The molecular formula is C18H18N8O2. The summed E-state index contributed by atoms with van der Waals surface area (Å²) in [6.45, 7) is 2.51. The highest BCUT2D eigenvalue weighted by atomic mass is 16.7. The van der Waals surface area contributed by atoms with Crippen LogP contribution in [0.4, 0.5) is 0 Å². The van der Waals surface area contributed by atoms with Crippen LogP contribution in [-0.2, 0) is 11.4 Å². The summed E-state index contributed by atoms with van der Waals surface area (Å²) in [7, 11) is 3.47. The van der Waals surface area contributed by atoms with Crippen molar-refractivity contribution in [2.75, 3.05) is 14.2 Å². The number of nitrogens with zero attached hydrogens (tertiary/aromatic N) is 7. The minimum absolute atomic E-state index is 0.512. The molecule has 5 heterocycles. The lowest BCUT2D eigenvalue weighted by Crippen LogP contribution is -2.22. The zero-order chi connectivity index (χ0) is 19.3. The molecule has 0 aliphatic carbocycles. The molecule has 28 heavy (non-hydrogen) atoms. The smallest absolute Gasteiger partial charge is 0.241 e. The summed E-state index contributed by atoms with van der Waals surface area (Å²) in [5.41, 5.74) is 7.05. The van der Waals surface area contributed by atoms with Crippen LogP contribution in [0.3, 0.4) is 0 Å². The van der Waals surface area contributed by atoms with E-state index in [0.717, 1.165) is 33.7 Å². The second-order valence-electron chi connectivity index (χ2n) is 6.50. The fourth-order valence-corrected chi connectivity index (χ4v) is 3.40. The molecule has 0 saturated carbocycles. The number of nitrogens with one attached hydrogen (secondary N) is 1. The Morgan fingerprint density at radius 3 is 2.96 bits per heavy atom. The van der Waals surface area contributed by atoms with Gasteiger partial charge in [-0.25, -0.2) is 14.5 Å². The van der Waals surface area contributed by atoms with Gasteiger partial charge in [0, 0.05) is 30.6 Å². The maximum absolute atomic E-state index is 5.46. The first-order chi connectivity index (χ1) is 13.6. The summed E-state index contributed by atoms with van der Waals surface area (Å²) < 4.78 is 9.23. The molecule has 0 unspecified atom stereocenters. The predicted octanol–water partition coefficient (Wildman–Crippen LogP) is 1.68. The zero-order valence-corrected chi connectivity index (χ0v) is 15.6. The molecule has 1 N–H and O–H groups in total. The molecule has 142 valence electrons. The van der Waals surface area contributed by atoms with Gasteiger partial charge in [-0.3, -0.25) is 5.01 Å². The van der Waals surface area contributed by atoms with Gasteiger partial charge in [0.25, 0.3) is 0 Å². The molecule has 0 spiro atoms. The van der Waals surface area contributed by atoms with E-state index in [1.807, 2.05) is 38.6 Å². The summed E-state index contributed by atoms with van der Waals surface area (Å²) in [6, 6.07) is 4.04. The highest BCUT2D eigenvalue weighted by molar-refractivity contribution is 5.87. The van der Waals surface area contributed by atoms with Gasteiger partial charge in [0.15, 0.2) is 11.4 Å². The third-order valence-electron chi connectivity index (χ3n) is 4.69. The number of ether oxygens (including phenoxy) is 1. The average Bonchev–Trinajstić information content (AvgIpc) is 3.39. The number of fused-ring (bicyclic) bond motifs is 2. The second-order valence-corrected chi connectivity index (χ2v) is 6.50. The number of hydrogen-bond acceptors (Lipinski definition) is 8. The van der Waals surface area contributed by atoms with Crippen molar-refractivity contribution >= 4 is 16.7 Å². The van der Waals surface area contributed by atoms with E-state index in [1.54, 1.807) is 16.6 Å². The van der Waals surface area contributed by atoms with Gasteiger partial charge >= 0.3 is 0 Å². The number of rotatable bonds is 4. The molecule has 0 aromatic carbocycles. The number of methoxy groups -OCH3 is 1. The predicted molar refractivity (Wildman–Crippen MR) is 101 cm³/mol. The van der Waals surface area contributed by atoms with Crippen molar-refractivity contribution in [2.45, 2.75) is 13.5 Å². The lowest BCUT2D eigenvalue weighted by molar-refractivity contribution is 0.0314. The summed E-state index contributed by atoms with van der Waals surface area (Å²) >= 11 is 0. The number of allylic oxidation sites excluding steroid dienone is 1. The van der Waals surface area contributed by atoms with Crippen LogP contribution in [0.2, 0.25) is 0 Å². The molecule has 0 radical (unpaired) electrons. The van der Waals surface area contributed by atoms with Crippen molar-refractivity contribution in [1.29, 1.82) is 0 Å². The Kier molecular flexibility index (Phi) is 3.66. The van der Waals surface area contributed by atoms with Crippen molar-refractivity contribution in [1.82, 2.24) is 39.7 Å². The van der Waals surface area contributed by atoms with Crippen molar-refractivity contribution in [3.63, 3.8) is 0 Å². The van der Waals surface area contributed by atoms with Crippen LogP contribution >= 0.6 is 0 Å². The maximum Gasteiger partial charge on any atom is 0.241 e. The minimum atomic E-state index is 0.512. The SMILES string of the molecule is COc1ncnn2ccc(-c3cnc4nc(C)n(CC5=CN(C)NO5)c4c3)c12. The highest BCUT2D eigenvalue weighted by Crippen LogP contribution is 2.31. The molecule has 1 aliphatic rings. The minimum Gasteiger partial charge on any atom is -0.479 e. The average molecular weight is 378 g/mol. The molecule has 4 aromatic heterocycles. The van der Waals surface area contributed by atoms with Gasteiger partial charge in [0.2, 0.25) is 5.88 Å². The van der Waals surface area contributed by atoms with Crippen LogP contribution in [0, 0.1) is 6.92 Å². The topological polar surface area (TPSA) is 94.6 Å². The van der Waals surface area contributed by atoms with Gasteiger partial charge in [0.05, 0.1) is 25.4 Å². The first-order valence-electron chi connectivity index (χ1n) is 8.69. The lowest BCUT2D eigenvalue weighted by Gasteiger charge is -2.08. The fraction of sp³-hybridized carbons (Fsp3) is 0.222. The number of hydrogen-bond donors (Lipinski definition) is 1. The van der Waals surface area contributed by atoms with E-state index in [-0.39, 0.29) is 0 Å². The van der Waals surface area contributed by atoms with E-state index in [9.17, 15) is 0 Å². The van der Waals surface area contributed by atoms with Crippen LogP contribution in [0.25, 0.3) is 27.8 Å². The third kappa shape index (κ3) is 2.54. The number of aromatic nitrogens is 6. The molecule has 0 saturated heterocycles. The van der Waals surface area contributed by atoms with Crippen LogP contribution in [0.5, 0.6) is 5.88 Å². The number of hydrazine groups is 1. The molecule has 10 heteroatoms. The maximum atomic E-state index is 5.46. The van der Waals surface area contributed by atoms with E-state index < -0.39 is 0 Å². The Labute approximate surface area is 160 Å². The number of aryl methyl sites for hydroxylation is 1. The van der Waals surface area contributed by atoms with E-state index >= 15 is 0 Å². The largest absolute Gasteiger partial charge is 0.479 e. The van der Waals surface area contributed by atoms with Gasteiger partial charge in [-0.1, -0.05) is 5.59 Å². The monoisotopic (exact) mass is 378 g/mol. The molecule has 4 aromatic rings. The van der Waals surface area contributed by atoms with Gasteiger partial charge in [-0.2, -0.15) is 10.1 Å². The fourth-order valence-electron chi connectivity index (χ4n) is 3.40. The van der Waals surface area contributed by atoms with E-state index in [4.69, 9.17) is 9.57 Å². The third-order valence-corrected chi connectivity index (χ3v) is 4.69. The molecule has 5 rings (SSSR count). The Morgan fingerprint density at radius 1 is 1.29 bits per heavy atom. The Hall–Kier alpha value is -3.66. The van der Waals surface area contributed by atoms with Gasteiger partial charge in [-0.05, 0) is 19.1 Å². The summed E-state index contributed by atoms with van der Waals surface area (Å²) in [6.07, 6.45) is 7.05. The standard InChI is InChI=1S/C18H18N8O2/c1-11-22-17-15(25(11)9-13-8-24(2)23-28-13)6-12(7-19-17)14-4-5-26-16(14)18(27-3)20-10-21-26/h4-8,10,23H,9H2,1-3H3. The van der Waals surface area contributed by atoms with Crippen LogP contribution in [-0.4, -0.2) is 48.3 Å². The van der Waals surface area contributed by atoms with Gasteiger partial charge in [-0.15, -0.1) is 0 Å². The summed E-state index contributed by atoms with van der Waals surface area (Å²) in [5.74, 6) is 2.17. The Balaban J connectivity index is 1.64. The van der Waals surface area contributed by atoms with Crippen LogP contribution in [0.15, 0.2) is 42.8 Å². The first-order valence-corrected chi connectivity index (χ1v) is 8.69. The molecular weight excluding hydrogens is 360 g/mol. The number of pyridine rings is 1.